The molecule has 0 radical (unpaired) electrons. The molecule has 0 saturated heterocycles. The number of benzene rings is 2. The first-order valence-corrected chi connectivity index (χ1v) is 7.23. The molecule has 0 heterocycles. The third-order valence-corrected chi connectivity index (χ3v) is 3.57. The SMILES string of the molecule is Cc1cc(Cl)ccc1NC(=O)/C(Br)=C/c1ccccc1. The number of amides is 1. The fraction of sp³-hybridized carbons (Fsp3) is 0.0625. The molecule has 0 aliphatic rings. The molecule has 2 rings (SSSR count). The summed E-state index contributed by atoms with van der Waals surface area (Å²) in [7, 11) is 0. The molecule has 1 amide bonds. The number of carbonyl (C=O) groups excluding carboxylic acids is 1. The van der Waals surface area contributed by atoms with Crippen molar-refractivity contribution in [3.63, 3.8) is 0 Å². The number of hydrogen-bond acceptors (Lipinski definition) is 1. The Morgan fingerprint density at radius 3 is 2.55 bits per heavy atom. The van der Waals surface area contributed by atoms with E-state index in [2.05, 4.69) is 21.2 Å². The van der Waals surface area contributed by atoms with Crippen LogP contribution in [-0.2, 0) is 4.79 Å². The number of rotatable bonds is 3. The Bertz CT molecular complexity index is 653. The quantitative estimate of drug-likeness (QED) is 0.773. The van der Waals surface area contributed by atoms with Gasteiger partial charge in [-0.1, -0.05) is 41.9 Å². The number of carbonyl (C=O) groups is 1. The van der Waals surface area contributed by atoms with Gasteiger partial charge in [0, 0.05) is 10.7 Å². The van der Waals surface area contributed by atoms with E-state index in [1.54, 1.807) is 18.2 Å². The van der Waals surface area contributed by atoms with Gasteiger partial charge in [0.05, 0.1) is 4.48 Å². The molecule has 0 aromatic heterocycles. The molecule has 2 nitrogen and oxygen atoms in total. The summed E-state index contributed by atoms with van der Waals surface area (Å²) < 4.78 is 0.470. The summed E-state index contributed by atoms with van der Waals surface area (Å²) in [5.74, 6) is -0.195. The van der Waals surface area contributed by atoms with Gasteiger partial charge >= 0.3 is 0 Å². The highest BCUT2D eigenvalue weighted by Crippen LogP contribution is 2.21. The highest BCUT2D eigenvalue weighted by Gasteiger charge is 2.08. The maximum atomic E-state index is 12.1. The van der Waals surface area contributed by atoms with E-state index in [9.17, 15) is 4.79 Å². The lowest BCUT2D eigenvalue weighted by molar-refractivity contribution is -0.112. The van der Waals surface area contributed by atoms with E-state index in [1.165, 1.54) is 0 Å². The zero-order chi connectivity index (χ0) is 14.5. The van der Waals surface area contributed by atoms with Crippen LogP contribution in [-0.4, -0.2) is 5.91 Å². The normalized spacial score (nSPS) is 11.2. The van der Waals surface area contributed by atoms with Gasteiger partial charge in [-0.05, 0) is 58.3 Å². The number of nitrogens with one attached hydrogen (secondary N) is 1. The first-order chi connectivity index (χ1) is 9.56. The van der Waals surface area contributed by atoms with Gasteiger partial charge in [0.2, 0.25) is 0 Å². The average molecular weight is 351 g/mol. The van der Waals surface area contributed by atoms with Crippen molar-refractivity contribution in [3.05, 3.63) is 69.2 Å². The van der Waals surface area contributed by atoms with E-state index in [0.29, 0.717) is 9.51 Å². The summed E-state index contributed by atoms with van der Waals surface area (Å²) in [6, 6.07) is 15.0. The van der Waals surface area contributed by atoms with Gasteiger partial charge in [0.15, 0.2) is 0 Å². The standard InChI is InChI=1S/C16H13BrClNO/c1-11-9-13(18)7-8-15(11)19-16(20)14(17)10-12-5-3-2-4-6-12/h2-10H,1H3,(H,19,20)/b14-10-. The van der Waals surface area contributed by atoms with E-state index in [1.807, 2.05) is 43.3 Å². The van der Waals surface area contributed by atoms with Crippen molar-refractivity contribution in [2.24, 2.45) is 0 Å². The van der Waals surface area contributed by atoms with Gasteiger partial charge < -0.3 is 5.32 Å². The molecule has 0 saturated carbocycles. The Kier molecular flexibility index (Phi) is 4.99. The van der Waals surface area contributed by atoms with E-state index in [4.69, 9.17) is 11.6 Å². The van der Waals surface area contributed by atoms with Crippen molar-refractivity contribution < 1.29 is 4.79 Å². The molecule has 0 aliphatic heterocycles. The summed E-state index contributed by atoms with van der Waals surface area (Å²) in [4.78, 5) is 12.1. The van der Waals surface area contributed by atoms with Crippen LogP contribution in [0.2, 0.25) is 5.02 Å². The minimum Gasteiger partial charge on any atom is -0.321 e. The summed E-state index contributed by atoms with van der Waals surface area (Å²) in [6.07, 6.45) is 1.78. The van der Waals surface area contributed by atoms with Crippen LogP contribution < -0.4 is 5.32 Å². The van der Waals surface area contributed by atoms with Crippen molar-refractivity contribution in [2.45, 2.75) is 6.92 Å². The van der Waals surface area contributed by atoms with Crippen LogP contribution in [0.15, 0.2) is 53.0 Å². The van der Waals surface area contributed by atoms with E-state index >= 15 is 0 Å². The molecule has 4 heteroatoms. The third kappa shape index (κ3) is 3.95. The minimum absolute atomic E-state index is 0.195. The number of hydrogen-bond donors (Lipinski definition) is 1. The lowest BCUT2D eigenvalue weighted by atomic mass is 10.2. The molecule has 0 atom stereocenters. The van der Waals surface area contributed by atoms with Gasteiger partial charge in [0.25, 0.3) is 5.91 Å². The number of anilines is 1. The number of aryl methyl sites for hydroxylation is 1. The van der Waals surface area contributed by atoms with E-state index in [0.717, 1.165) is 16.8 Å². The molecule has 20 heavy (non-hydrogen) atoms. The van der Waals surface area contributed by atoms with Crippen molar-refractivity contribution in [1.29, 1.82) is 0 Å². The van der Waals surface area contributed by atoms with Crippen LogP contribution in [0.25, 0.3) is 6.08 Å². The lowest BCUT2D eigenvalue weighted by Gasteiger charge is -2.08. The Morgan fingerprint density at radius 2 is 1.90 bits per heavy atom. The fourth-order valence-electron chi connectivity index (χ4n) is 1.71. The Balaban J connectivity index is 2.14. The molecule has 2 aromatic rings. The topological polar surface area (TPSA) is 29.1 Å². The Hall–Kier alpha value is -1.58. The summed E-state index contributed by atoms with van der Waals surface area (Å²) in [5.41, 5.74) is 2.63. The third-order valence-electron chi connectivity index (χ3n) is 2.75. The fourth-order valence-corrected chi connectivity index (χ4v) is 2.30. The zero-order valence-corrected chi connectivity index (χ0v) is 13.2. The minimum atomic E-state index is -0.195. The van der Waals surface area contributed by atoms with Crippen LogP contribution in [0.5, 0.6) is 0 Å². The van der Waals surface area contributed by atoms with Crippen LogP contribution in [0.3, 0.4) is 0 Å². The van der Waals surface area contributed by atoms with Crippen LogP contribution >= 0.6 is 27.5 Å². The number of halogens is 2. The van der Waals surface area contributed by atoms with Crippen molar-refractivity contribution in [3.8, 4) is 0 Å². The van der Waals surface area contributed by atoms with E-state index < -0.39 is 0 Å². The van der Waals surface area contributed by atoms with Gasteiger partial charge in [0.1, 0.15) is 0 Å². The highest BCUT2D eigenvalue weighted by atomic mass is 79.9. The molecule has 0 unspecified atom stereocenters. The zero-order valence-electron chi connectivity index (χ0n) is 10.9. The van der Waals surface area contributed by atoms with Gasteiger partial charge in [-0.3, -0.25) is 4.79 Å². The van der Waals surface area contributed by atoms with Crippen LogP contribution in [0.4, 0.5) is 5.69 Å². The van der Waals surface area contributed by atoms with Crippen molar-refractivity contribution >= 4 is 45.2 Å². The molecular formula is C16H13BrClNO. The lowest BCUT2D eigenvalue weighted by Crippen LogP contribution is -2.12. The summed E-state index contributed by atoms with van der Waals surface area (Å²) in [5, 5.41) is 3.50. The first kappa shape index (κ1) is 14.8. The molecule has 0 bridgehead atoms. The largest absolute Gasteiger partial charge is 0.321 e. The van der Waals surface area contributed by atoms with Crippen molar-refractivity contribution in [1.82, 2.24) is 0 Å². The Labute approximate surface area is 131 Å². The second-order valence-electron chi connectivity index (χ2n) is 4.32. The van der Waals surface area contributed by atoms with E-state index in [-0.39, 0.29) is 5.91 Å². The van der Waals surface area contributed by atoms with Crippen molar-refractivity contribution in [2.75, 3.05) is 5.32 Å². The molecule has 102 valence electrons. The molecular weight excluding hydrogens is 338 g/mol. The second kappa shape index (κ2) is 6.73. The molecule has 0 spiro atoms. The van der Waals surface area contributed by atoms with Crippen LogP contribution in [0.1, 0.15) is 11.1 Å². The maximum absolute atomic E-state index is 12.1. The smallest absolute Gasteiger partial charge is 0.262 e. The monoisotopic (exact) mass is 349 g/mol. The molecule has 1 N–H and O–H groups in total. The van der Waals surface area contributed by atoms with Gasteiger partial charge in [-0.15, -0.1) is 0 Å². The molecule has 0 fully saturated rings. The molecule has 0 aliphatic carbocycles. The molecule has 2 aromatic carbocycles. The summed E-state index contributed by atoms with van der Waals surface area (Å²) in [6.45, 7) is 1.90. The average Bonchev–Trinajstić information content (AvgIpc) is 2.43. The van der Waals surface area contributed by atoms with Gasteiger partial charge in [-0.2, -0.15) is 0 Å². The second-order valence-corrected chi connectivity index (χ2v) is 5.61. The summed E-state index contributed by atoms with van der Waals surface area (Å²) >= 11 is 9.19. The first-order valence-electron chi connectivity index (χ1n) is 6.06. The van der Waals surface area contributed by atoms with Crippen LogP contribution in [0, 0.1) is 6.92 Å². The highest BCUT2D eigenvalue weighted by molar-refractivity contribution is 9.12. The predicted octanol–water partition coefficient (Wildman–Crippen LogP) is 5.02. The maximum Gasteiger partial charge on any atom is 0.262 e. The predicted molar refractivity (Wildman–Crippen MR) is 88.2 cm³/mol. The van der Waals surface area contributed by atoms with Gasteiger partial charge in [-0.25, -0.2) is 0 Å². The Morgan fingerprint density at radius 1 is 1.20 bits per heavy atom.